The summed E-state index contributed by atoms with van der Waals surface area (Å²) in [6, 6.07) is 3.29. The molecule has 1 fully saturated rings. The summed E-state index contributed by atoms with van der Waals surface area (Å²) in [7, 11) is 0. The van der Waals surface area contributed by atoms with E-state index in [1.165, 1.54) is 6.07 Å². The molecule has 0 radical (unpaired) electrons. The maximum Gasteiger partial charge on any atom is 0.191 e. The number of rotatable bonds is 7. The minimum Gasteiger partial charge on any atom is -0.357 e. The number of pyridine rings is 1. The van der Waals surface area contributed by atoms with Crippen molar-refractivity contribution in [2.45, 2.75) is 32.4 Å². The molecular weight excluding hydrogens is 460 g/mol. The second-order valence-electron chi connectivity index (χ2n) is 6.30. The van der Waals surface area contributed by atoms with Gasteiger partial charge in [-0.25, -0.2) is 14.4 Å². The molecule has 7 nitrogen and oxygen atoms in total. The van der Waals surface area contributed by atoms with Gasteiger partial charge in [0.15, 0.2) is 17.6 Å². The molecule has 0 saturated carbocycles. The molecule has 2 aromatic rings. The van der Waals surface area contributed by atoms with Crippen LogP contribution in [0.15, 0.2) is 42.0 Å². The maximum atomic E-state index is 13.9. The van der Waals surface area contributed by atoms with Crippen molar-refractivity contribution in [2.75, 3.05) is 31.1 Å². The SMILES string of the molecule is CCNC(=NCCCn1ccnc1)NC1CCN(c2ncccc2F)C1.I. The van der Waals surface area contributed by atoms with Gasteiger partial charge in [-0.05, 0) is 31.9 Å². The zero-order chi connectivity index (χ0) is 18.2. The van der Waals surface area contributed by atoms with E-state index in [9.17, 15) is 4.39 Å². The Labute approximate surface area is 176 Å². The van der Waals surface area contributed by atoms with Crippen LogP contribution < -0.4 is 15.5 Å². The van der Waals surface area contributed by atoms with Crippen LogP contribution in [-0.4, -0.2) is 52.7 Å². The Bertz CT molecular complexity index is 707. The summed E-state index contributed by atoms with van der Waals surface area (Å²) in [5, 5.41) is 6.74. The maximum absolute atomic E-state index is 13.9. The van der Waals surface area contributed by atoms with E-state index < -0.39 is 0 Å². The number of imidazole rings is 1. The summed E-state index contributed by atoms with van der Waals surface area (Å²) in [6.07, 6.45) is 9.06. The molecule has 0 spiro atoms. The molecule has 0 aromatic carbocycles. The highest BCUT2D eigenvalue weighted by molar-refractivity contribution is 14.0. The molecule has 2 aromatic heterocycles. The van der Waals surface area contributed by atoms with Gasteiger partial charge in [-0.15, -0.1) is 24.0 Å². The zero-order valence-electron chi connectivity index (χ0n) is 15.5. The highest BCUT2D eigenvalue weighted by Gasteiger charge is 2.25. The number of nitrogens with one attached hydrogen (secondary N) is 2. The van der Waals surface area contributed by atoms with Crippen molar-refractivity contribution >= 4 is 35.8 Å². The van der Waals surface area contributed by atoms with Crippen LogP contribution in [0.25, 0.3) is 0 Å². The first kappa shape index (κ1) is 21.4. The number of aliphatic imine (C=N–C) groups is 1. The Morgan fingerprint density at radius 2 is 2.30 bits per heavy atom. The van der Waals surface area contributed by atoms with Gasteiger partial charge in [-0.3, -0.25) is 4.99 Å². The molecule has 9 heteroatoms. The van der Waals surface area contributed by atoms with Crippen molar-refractivity contribution in [1.29, 1.82) is 0 Å². The van der Waals surface area contributed by atoms with Crippen LogP contribution in [0.3, 0.4) is 0 Å². The number of nitrogens with zero attached hydrogens (tertiary/aromatic N) is 5. The van der Waals surface area contributed by atoms with E-state index in [0.717, 1.165) is 45.0 Å². The third-order valence-electron chi connectivity index (χ3n) is 4.32. The Morgan fingerprint density at radius 1 is 1.41 bits per heavy atom. The molecule has 3 heterocycles. The number of hydrogen-bond acceptors (Lipinski definition) is 4. The number of guanidine groups is 1. The minimum absolute atomic E-state index is 0. The van der Waals surface area contributed by atoms with Crippen LogP contribution in [0.2, 0.25) is 0 Å². The van der Waals surface area contributed by atoms with Crippen LogP contribution in [0.5, 0.6) is 0 Å². The predicted molar refractivity (Wildman–Crippen MR) is 116 cm³/mol. The van der Waals surface area contributed by atoms with Crippen LogP contribution in [0.1, 0.15) is 19.8 Å². The lowest BCUT2D eigenvalue weighted by Crippen LogP contribution is -2.44. The summed E-state index contributed by atoms with van der Waals surface area (Å²) in [6.45, 7) is 5.99. The van der Waals surface area contributed by atoms with E-state index in [-0.39, 0.29) is 35.8 Å². The number of aromatic nitrogens is 3. The van der Waals surface area contributed by atoms with E-state index in [1.54, 1.807) is 18.5 Å². The Hall–Kier alpha value is -1.91. The molecule has 2 N–H and O–H groups in total. The molecule has 0 amide bonds. The molecule has 3 rings (SSSR count). The third-order valence-corrected chi connectivity index (χ3v) is 4.32. The summed E-state index contributed by atoms with van der Waals surface area (Å²) in [4.78, 5) is 14.8. The van der Waals surface area contributed by atoms with Crippen molar-refractivity contribution in [2.24, 2.45) is 4.99 Å². The van der Waals surface area contributed by atoms with Crippen molar-refractivity contribution in [1.82, 2.24) is 25.2 Å². The summed E-state index contributed by atoms with van der Waals surface area (Å²) < 4.78 is 16.0. The van der Waals surface area contributed by atoms with Crippen molar-refractivity contribution in [3.63, 3.8) is 0 Å². The van der Waals surface area contributed by atoms with Crippen molar-refractivity contribution in [3.8, 4) is 0 Å². The lowest BCUT2D eigenvalue weighted by atomic mass is 10.3. The molecule has 0 aliphatic carbocycles. The minimum atomic E-state index is -0.270. The fourth-order valence-corrected chi connectivity index (χ4v) is 3.06. The first-order chi connectivity index (χ1) is 12.8. The highest BCUT2D eigenvalue weighted by atomic mass is 127. The molecule has 1 aliphatic rings. The van der Waals surface area contributed by atoms with Gasteiger partial charge in [0, 0.05) is 57.4 Å². The molecule has 1 aliphatic heterocycles. The molecule has 1 saturated heterocycles. The largest absolute Gasteiger partial charge is 0.357 e. The van der Waals surface area contributed by atoms with Gasteiger partial charge < -0.3 is 20.1 Å². The van der Waals surface area contributed by atoms with Gasteiger partial charge >= 0.3 is 0 Å². The van der Waals surface area contributed by atoms with E-state index in [2.05, 4.69) is 25.6 Å². The van der Waals surface area contributed by atoms with Gasteiger partial charge in [-0.1, -0.05) is 0 Å². The van der Waals surface area contributed by atoms with E-state index in [1.807, 2.05) is 28.9 Å². The average Bonchev–Trinajstić information content (AvgIpc) is 3.31. The number of halogens is 2. The van der Waals surface area contributed by atoms with E-state index in [4.69, 9.17) is 0 Å². The molecule has 0 bridgehead atoms. The van der Waals surface area contributed by atoms with Crippen molar-refractivity contribution < 1.29 is 4.39 Å². The highest BCUT2D eigenvalue weighted by Crippen LogP contribution is 2.20. The molecular formula is C18H27FIN7. The molecule has 1 atom stereocenters. The van der Waals surface area contributed by atoms with Gasteiger partial charge in [0.25, 0.3) is 0 Å². The summed E-state index contributed by atoms with van der Waals surface area (Å²) in [5.41, 5.74) is 0. The molecule has 1 unspecified atom stereocenters. The Balaban J connectivity index is 0.00000261. The number of hydrogen-bond donors (Lipinski definition) is 2. The normalized spacial score (nSPS) is 16.9. The Kier molecular flexibility index (Phi) is 8.76. The lowest BCUT2D eigenvalue weighted by Gasteiger charge is -2.20. The number of aryl methyl sites for hydroxylation is 1. The standard InChI is InChI=1S/C18H26FN7.HI/c1-2-21-18(23-8-4-10-25-12-9-20-14-25)24-15-6-11-26(13-15)17-16(19)5-3-7-22-17;/h3,5,7,9,12,14-15H,2,4,6,8,10-11,13H2,1H3,(H2,21,23,24);1H. The van der Waals surface area contributed by atoms with Crippen LogP contribution in [0.4, 0.5) is 10.2 Å². The first-order valence-corrected chi connectivity index (χ1v) is 9.12. The van der Waals surface area contributed by atoms with Gasteiger partial charge in [0.05, 0.1) is 6.33 Å². The van der Waals surface area contributed by atoms with Crippen LogP contribution in [0, 0.1) is 5.82 Å². The monoisotopic (exact) mass is 487 g/mol. The van der Waals surface area contributed by atoms with E-state index >= 15 is 0 Å². The topological polar surface area (TPSA) is 70.4 Å². The van der Waals surface area contributed by atoms with Gasteiger partial charge in [0.1, 0.15) is 0 Å². The molecule has 148 valence electrons. The van der Waals surface area contributed by atoms with Gasteiger partial charge in [-0.2, -0.15) is 0 Å². The average molecular weight is 487 g/mol. The first-order valence-electron chi connectivity index (χ1n) is 9.12. The molecule has 27 heavy (non-hydrogen) atoms. The Morgan fingerprint density at radius 3 is 3.04 bits per heavy atom. The second kappa shape index (κ2) is 11.1. The van der Waals surface area contributed by atoms with Crippen LogP contribution in [-0.2, 0) is 6.54 Å². The summed E-state index contributed by atoms with van der Waals surface area (Å²) in [5.74, 6) is 0.971. The second-order valence-corrected chi connectivity index (χ2v) is 6.30. The fourth-order valence-electron chi connectivity index (χ4n) is 3.06. The van der Waals surface area contributed by atoms with Crippen molar-refractivity contribution in [3.05, 3.63) is 42.9 Å². The quantitative estimate of drug-likeness (QED) is 0.272. The smallest absolute Gasteiger partial charge is 0.191 e. The van der Waals surface area contributed by atoms with Gasteiger partial charge in [0.2, 0.25) is 0 Å². The fraction of sp³-hybridized carbons (Fsp3) is 0.500. The number of anilines is 1. The third kappa shape index (κ3) is 6.33. The lowest BCUT2D eigenvalue weighted by molar-refractivity contribution is 0.611. The predicted octanol–water partition coefficient (Wildman–Crippen LogP) is 2.26. The van der Waals surface area contributed by atoms with E-state index in [0.29, 0.717) is 12.4 Å². The van der Waals surface area contributed by atoms with Crippen LogP contribution >= 0.6 is 24.0 Å². The summed E-state index contributed by atoms with van der Waals surface area (Å²) >= 11 is 0. The zero-order valence-corrected chi connectivity index (χ0v) is 17.8.